The number of benzene rings is 2. The third kappa shape index (κ3) is 6.79. The van der Waals surface area contributed by atoms with Gasteiger partial charge in [-0.3, -0.25) is 9.59 Å². The van der Waals surface area contributed by atoms with Gasteiger partial charge in [0.05, 0.1) is 0 Å². The molecule has 156 valence electrons. The van der Waals surface area contributed by atoms with Gasteiger partial charge in [0.2, 0.25) is 5.91 Å². The topological polar surface area (TPSA) is 58.6 Å². The third-order valence-electron chi connectivity index (χ3n) is 4.41. The Morgan fingerprint density at radius 1 is 1.10 bits per heavy atom. The molecule has 0 aliphatic carbocycles. The number of nitrogens with one attached hydrogen (secondary N) is 1. The molecule has 2 rings (SSSR count). The number of ether oxygens (including phenoxy) is 1. The molecule has 0 heterocycles. The largest absolute Gasteiger partial charge is 0.484 e. The van der Waals surface area contributed by atoms with Crippen LogP contribution in [0.4, 0.5) is 0 Å². The number of hydrogen-bond donors (Lipinski definition) is 1. The van der Waals surface area contributed by atoms with Crippen LogP contribution in [0.1, 0.15) is 38.8 Å². The van der Waals surface area contributed by atoms with Gasteiger partial charge in [-0.1, -0.05) is 48.0 Å². The highest BCUT2D eigenvalue weighted by molar-refractivity contribution is 6.31. The van der Waals surface area contributed by atoms with Crippen molar-refractivity contribution in [3.8, 4) is 5.75 Å². The van der Waals surface area contributed by atoms with E-state index >= 15 is 0 Å². The molecule has 0 aliphatic rings. The zero-order chi connectivity index (χ0) is 21.6. The molecule has 6 heteroatoms. The Balaban J connectivity index is 2.20. The molecule has 0 aliphatic heterocycles. The zero-order valence-electron chi connectivity index (χ0n) is 17.7. The Labute approximate surface area is 178 Å². The summed E-state index contributed by atoms with van der Waals surface area (Å²) in [6.07, 6.45) is 0. The van der Waals surface area contributed by atoms with Crippen LogP contribution in [0.15, 0.2) is 48.5 Å². The SMILES string of the molecule is Cc1ccccc1OCC(=O)N(Cc1ccccc1Cl)[C@H](C)C(=O)NC(C)(C)C. The highest BCUT2D eigenvalue weighted by Crippen LogP contribution is 2.20. The molecule has 0 fully saturated rings. The van der Waals surface area contributed by atoms with Gasteiger partial charge >= 0.3 is 0 Å². The van der Waals surface area contributed by atoms with Crippen molar-refractivity contribution in [1.82, 2.24) is 10.2 Å². The van der Waals surface area contributed by atoms with Crippen molar-refractivity contribution in [2.24, 2.45) is 0 Å². The highest BCUT2D eigenvalue weighted by Gasteiger charge is 2.29. The average Bonchev–Trinajstić information content (AvgIpc) is 2.64. The summed E-state index contributed by atoms with van der Waals surface area (Å²) < 4.78 is 5.72. The first-order chi connectivity index (χ1) is 13.6. The van der Waals surface area contributed by atoms with Gasteiger partial charge in [0.15, 0.2) is 6.61 Å². The van der Waals surface area contributed by atoms with Gasteiger partial charge in [-0.25, -0.2) is 0 Å². The Bertz CT molecular complexity index is 861. The molecule has 2 aromatic rings. The monoisotopic (exact) mass is 416 g/mol. The maximum atomic E-state index is 13.0. The van der Waals surface area contributed by atoms with Gasteiger partial charge in [-0.2, -0.15) is 0 Å². The van der Waals surface area contributed by atoms with Crippen LogP contribution in [0.2, 0.25) is 5.02 Å². The van der Waals surface area contributed by atoms with Crippen LogP contribution >= 0.6 is 11.6 Å². The lowest BCUT2D eigenvalue weighted by atomic mass is 10.1. The second kappa shape index (κ2) is 9.79. The van der Waals surface area contributed by atoms with Crippen molar-refractivity contribution in [2.45, 2.75) is 52.7 Å². The molecule has 1 N–H and O–H groups in total. The van der Waals surface area contributed by atoms with Gasteiger partial charge in [-0.15, -0.1) is 0 Å². The van der Waals surface area contributed by atoms with Crippen molar-refractivity contribution in [3.05, 3.63) is 64.7 Å². The van der Waals surface area contributed by atoms with Crippen LogP contribution in [-0.4, -0.2) is 34.9 Å². The average molecular weight is 417 g/mol. The number of para-hydroxylation sites is 1. The summed E-state index contributed by atoms with van der Waals surface area (Å²) >= 11 is 6.29. The van der Waals surface area contributed by atoms with Crippen LogP contribution in [0.25, 0.3) is 0 Å². The maximum absolute atomic E-state index is 13.0. The summed E-state index contributed by atoms with van der Waals surface area (Å²) in [6, 6.07) is 14.1. The standard InChI is InChI=1S/C23H29ClN2O3/c1-16-10-6-9-13-20(16)29-15-21(27)26(14-18-11-7-8-12-19(18)24)17(2)22(28)25-23(3,4)5/h6-13,17H,14-15H2,1-5H3,(H,25,28)/t17-/m1/s1. The smallest absolute Gasteiger partial charge is 0.261 e. The van der Waals surface area contributed by atoms with Crippen LogP contribution in [0, 0.1) is 6.92 Å². The van der Waals surface area contributed by atoms with Gasteiger partial charge in [0.25, 0.3) is 5.91 Å². The maximum Gasteiger partial charge on any atom is 0.261 e. The molecular formula is C23H29ClN2O3. The van der Waals surface area contributed by atoms with E-state index < -0.39 is 11.6 Å². The van der Waals surface area contributed by atoms with E-state index in [1.165, 1.54) is 4.90 Å². The molecule has 0 unspecified atom stereocenters. The second-order valence-electron chi connectivity index (χ2n) is 8.08. The fourth-order valence-corrected chi connectivity index (χ4v) is 3.00. The third-order valence-corrected chi connectivity index (χ3v) is 4.78. The lowest BCUT2D eigenvalue weighted by Gasteiger charge is -2.31. The van der Waals surface area contributed by atoms with E-state index in [4.69, 9.17) is 16.3 Å². The zero-order valence-corrected chi connectivity index (χ0v) is 18.4. The van der Waals surface area contributed by atoms with Crippen LogP contribution in [-0.2, 0) is 16.1 Å². The summed E-state index contributed by atoms with van der Waals surface area (Å²) in [4.78, 5) is 27.3. The molecule has 0 bridgehead atoms. The van der Waals surface area contributed by atoms with E-state index in [0.717, 1.165) is 11.1 Å². The Kier molecular flexibility index (Phi) is 7.68. The molecule has 2 amide bonds. The number of carbonyl (C=O) groups is 2. The van der Waals surface area contributed by atoms with Crippen molar-refractivity contribution in [2.75, 3.05) is 6.61 Å². The fourth-order valence-electron chi connectivity index (χ4n) is 2.81. The van der Waals surface area contributed by atoms with E-state index in [0.29, 0.717) is 10.8 Å². The lowest BCUT2D eigenvalue weighted by molar-refractivity contribution is -0.142. The Hall–Kier alpha value is -2.53. The van der Waals surface area contributed by atoms with Gasteiger partial charge in [-0.05, 0) is 57.9 Å². The first-order valence-electron chi connectivity index (χ1n) is 9.62. The van der Waals surface area contributed by atoms with Crippen molar-refractivity contribution >= 4 is 23.4 Å². The number of aryl methyl sites for hydroxylation is 1. The van der Waals surface area contributed by atoms with Crippen LogP contribution < -0.4 is 10.1 Å². The first-order valence-corrected chi connectivity index (χ1v) is 9.99. The van der Waals surface area contributed by atoms with E-state index in [2.05, 4.69) is 5.32 Å². The molecule has 2 aromatic carbocycles. The molecule has 0 saturated carbocycles. The molecular weight excluding hydrogens is 388 g/mol. The highest BCUT2D eigenvalue weighted by atomic mass is 35.5. The number of amides is 2. The predicted molar refractivity (Wildman–Crippen MR) is 116 cm³/mol. The van der Waals surface area contributed by atoms with E-state index in [-0.39, 0.29) is 25.0 Å². The number of hydrogen-bond acceptors (Lipinski definition) is 3. The minimum Gasteiger partial charge on any atom is -0.484 e. The minimum absolute atomic E-state index is 0.164. The molecule has 0 radical (unpaired) electrons. The molecule has 29 heavy (non-hydrogen) atoms. The van der Waals surface area contributed by atoms with Gasteiger partial charge in [0, 0.05) is 17.1 Å². The number of halogens is 1. The van der Waals surface area contributed by atoms with Gasteiger partial charge < -0.3 is 15.0 Å². The summed E-state index contributed by atoms with van der Waals surface area (Å²) in [6.45, 7) is 9.39. The Morgan fingerprint density at radius 3 is 2.34 bits per heavy atom. The predicted octanol–water partition coefficient (Wildman–Crippen LogP) is 4.36. The number of nitrogens with zero attached hydrogens (tertiary/aromatic N) is 1. The van der Waals surface area contributed by atoms with E-state index in [1.807, 2.05) is 70.2 Å². The molecule has 1 atom stereocenters. The summed E-state index contributed by atoms with van der Waals surface area (Å²) in [5.74, 6) is 0.129. The minimum atomic E-state index is -0.682. The summed E-state index contributed by atoms with van der Waals surface area (Å²) in [5, 5.41) is 3.48. The molecule has 0 spiro atoms. The van der Waals surface area contributed by atoms with Gasteiger partial charge in [0.1, 0.15) is 11.8 Å². The van der Waals surface area contributed by atoms with Crippen LogP contribution in [0.3, 0.4) is 0 Å². The number of carbonyl (C=O) groups excluding carboxylic acids is 2. The Morgan fingerprint density at radius 2 is 1.72 bits per heavy atom. The second-order valence-corrected chi connectivity index (χ2v) is 8.49. The fraction of sp³-hybridized carbons (Fsp3) is 0.391. The number of rotatable bonds is 7. The lowest BCUT2D eigenvalue weighted by Crippen LogP contribution is -2.53. The summed E-state index contributed by atoms with van der Waals surface area (Å²) in [7, 11) is 0. The van der Waals surface area contributed by atoms with Crippen LogP contribution in [0.5, 0.6) is 5.75 Å². The molecule has 0 aromatic heterocycles. The van der Waals surface area contributed by atoms with Crippen molar-refractivity contribution in [3.63, 3.8) is 0 Å². The molecule has 5 nitrogen and oxygen atoms in total. The quantitative estimate of drug-likeness (QED) is 0.729. The van der Waals surface area contributed by atoms with Crippen molar-refractivity contribution in [1.29, 1.82) is 0 Å². The first kappa shape index (κ1) is 22.8. The van der Waals surface area contributed by atoms with E-state index in [1.54, 1.807) is 13.0 Å². The summed E-state index contributed by atoms with van der Waals surface area (Å²) in [5.41, 5.74) is 1.31. The van der Waals surface area contributed by atoms with E-state index in [9.17, 15) is 9.59 Å². The van der Waals surface area contributed by atoms with Crippen molar-refractivity contribution < 1.29 is 14.3 Å². The normalized spacial score (nSPS) is 12.2. The molecule has 0 saturated heterocycles.